The van der Waals surface area contributed by atoms with Gasteiger partial charge >= 0.3 is 0 Å². The van der Waals surface area contributed by atoms with Gasteiger partial charge < -0.3 is 9.47 Å². The maximum Gasteiger partial charge on any atom is 0.268 e. The zero-order valence-electron chi connectivity index (χ0n) is 18.8. The molecule has 182 valence electrons. The van der Waals surface area contributed by atoms with Gasteiger partial charge in [-0.15, -0.1) is 0 Å². The Kier molecular flexibility index (Phi) is 8.81. The number of hydrogen-bond acceptors (Lipinski definition) is 9. The predicted molar refractivity (Wildman–Crippen MR) is 133 cm³/mol. The Morgan fingerprint density at radius 3 is 2.57 bits per heavy atom. The second-order valence-corrected chi connectivity index (χ2v) is 10.4. The number of nitrogens with one attached hydrogen (secondary N) is 1. The number of carbonyl (C=O) groups excluding carboxylic acids is 1. The largest absolute Gasteiger partial charge is 0.490 e. The smallest absolute Gasteiger partial charge is 0.268 e. The number of aryl methyl sites for hydroxylation is 1. The van der Waals surface area contributed by atoms with E-state index in [1.165, 1.54) is 13.0 Å². The Morgan fingerprint density at radius 1 is 1.20 bits per heavy atom. The van der Waals surface area contributed by atoms with Crippen molar-refractivity contribution in [2.45, 2.75) is 19.0 Å². The van der Waals surface area contributed by atoms with Gasteiger partial charge in [-0.3, -0.25) is 10.1 Å². The van der Waals surface area contributed by atoms with Crippen molar-refractivity contribution < 1.29 is 22.7 Å². The third-order valence-electron chi connectivity index (χ3n) is 4.61. The number of amides is 1. The number of nitrogens with zero attached hydrogens (tertiary/aromatic N) is 3. The molecule has 1 aromatic heterocycles. The van der Waals surface area contributed by atoms with Crippen LogP contribution in [-0.4, -0.2) is 42.6 Å². The van der Waals surface area contributed by atoms with Gasteiger partial charge in [0.1, 0.15) is 36.4 Å². The molecule has 0 aliphatic rings. The molecule has 1 N–H and O–H groups in total. The fourth-order valence-corrected chi connectivity index (χ4v) is 4.57. The van der Waals surface area contributed by atoms with Crippen LogP contribution >= 0.6 is 23.1 Å². The molecule has 0 radical (unpaired) electrons. The standard InChI is InChI=1S/C23H21ClN4O5S2/c1-3-35(30,31)23-27-22(34-28-23)26-21(29)17(14-25)12-16-8-9-20(18(24)13-16)33-11-10-32-19-7-5-4-6-15(19)2/h4-9,12-13H,3,10-11H2,1-2H3,(H,26,27,28,29). The third-order valence-corrected chi connectivity index (χ3v) is 7.15. The predicted octanol–water partition coefficient (Wildman–Crippen LogP) is 4.30. The molecule has 0 aliphatic carbocycles. The summed E-state index contributed by atoms with van der Waals surface area (Å²) in [6.45, 7) is 4.02. The van der Waals surface area contributed by atoms with E-state index in [2.05, 4.69) is 14.7 Å². The molecule has 0 atom stereocenters. The van der Waals surface area contributed by atoms with E-state index in [1.54, 1.807) is 18.2 Å². The average molecular weight is 533 g/mol. The van der Waals surface area contributed by atoms with E-state index in [0.29, 0.717) is 34.5 Å². The van der Waals surface area contributed by atoms with E-state index in [4.69, 9.17) is 21.1 Å². The van der Waals surface area contributed by atoms with Gasteiger partial charge in [0, 0.05) is 11.5 Å². The van der Waals surface area contributed by atoms with E-state index in [1.807, 2.05) is 37.3 Å². The van der Waals surface area contributed by atoms with Crippen molar-refractivity contribution in [3.8, 4) is 17.6 Å². The molecule has 1 amide bonds. The molecule has 12 heteroatoms. The molecular weight excluding hydrogens is 512 g/mol. The van der Waals surface area contributed by atoms with Gasteiger partial charge in [-0.05, 0) is 42.3 Å². The van der Waals surface area contributed by atoms with Crippen molar-refractivity contribution in [1.29, 1.82) is 5.26 Å². The normalized spacial score (nSPS) is 11.5. The number of nitriles is 1. The minimum Gasteiger partial charge on any atom is -0.490 e. The van der Waals surface area contributed by atoms with E-state index in [9.17, 15) is 18.5 Å². The van der Waals surface area contributed by atoms with Gasteiger partial charge in [0.2, 0.25) is 15.0 Å². The quantitative estimate of drug-likeness (QED) is 0.232. The molecule has 0 aliphatic heterocycles. The fourth-order valence-electron chi connectivity index (χ4n) is 2.74. The number of sulfone groups is 1. The molecule has 9 nitrogen and oxygen atoms in total. The number of benzene rings is 2. The molecule has 0 fully saturated rings. The highest BCUT2D eigenvalue weighted by Gasteiger charge is 2.20. The molecule has 1 heterocycles. The highest BCUT2D eigenvalue weighted by atomic mass is 35.5. The second kappa shape index (κ2) is 11.8. The molecule has 3 aromatic rings. The lowest BCUT2D eigenvalue weighted by Gasteiger charge is -2.11. The Hall–Kier alpha value is -3.46. The number of rotatable bonds is 10. The number of aromatic nitrogens is 2. The van der Waals surface area contributed by atoms with E-state index in [-0.39, 0.29) is 28.2 Å². The molecule has 0 saturated carbocycles. The first kappa shape index (κ1) is 26.2. The van der Waals surface area contributed by atoms with Crippen molar-refractivity contribution in [1.82, 2.24) is 9.36 Å². The summed E-state index contributed by atoms with van der Waals surface area (Å²) in [7, 11) is -3.60. The van der Waals surface area contributed by atoms with Gasteiger partial charge in [0.15, 0.2) is 0 Å². The maximum absolute atomic E-state index is 12.5. The summed E-state index contributed by atoms with van der Waals surface area (Å²) in [6, 6.07) is 14.3. The first-order valence-electron chi connectivity index (χ1n) is 10.3. The number of anilines is 1. The minimum atomic E-state index is -3.60. The summed E-state index contributed by atoms with van der Waals surface area (Å²) in [6.07, 6.45) is 1.34. The van der Waals surface area contributed by atoms with Gasteiger partial charge in [0.25, 0.3) is 11.1 Å². The average Bonchev–Trinajstić information content (AvgIpc) is 3.31. The van der Waals surface area contributed by atoms with Crippen molar-refractivity contribution >= 4 is 50.1 Å². The van der Waals surface area contributed by atoms with E-state index >= 15 is 0 Å². The summed E-state index contributed by atoms with van der Waals surface area (Å²) >= 11 is 7.00. The SMILES string of the molecule is CCS(=O)(=O)c1nsc(NC(=O)C(C#N)=Cc2ccc(OCCOc3ccccc3C)c(Cl)c2)n1. The minimum absolute atomic E-state index is 0.0297. The van der Waals surface area contributed by atoms with Crippen LogP contribution in [0.3, 0.4) is 0 Å². The Bertz CT molecular complexity index is 1400. The molecule has 0 spiro atoms. The maximum atomic E-state index is 12.5. The Balaban J connectivity index is 1.61. The molecular formula is C23H21ClN4O5S2. The second-order valence-electron chi connectivity index (χ2n) is 7.06. The van der Waals surface area contributed by atoms with Crippen LogP contribution in [0.25, 0.3) is 6.08 Å². The van der Waals surface area contributed by atoms with Gasteiger partial charge in [-0.25, -0.2) is 8.42 Å². The van der Waals surface area contributed by atoms with Crippen LogP contribution in [0.5, 0.6) is 11.5 Å². The van der Waals surface area contributed by atoms with Crippen molar-refractivity contribution in [3.05, 3.63) is 64.2 Å². The molecule has 35 heavy (non-hydrogen) atoms. The molecule has 3 rings (SSSR count). The highest BCUT2D eigenvalue weighted by Crippen LogP contribution is 2.27. The first-order valence-corrected chi connectivity index (χ1v) is 13.1. The number of halogens is 1. The highest BCUT2D eigenvalue weighted by molar-refractivity contribution is 7.91. The summed E-state index contributed by atoms with van der Waals surface area (Å²) in [4.78, 5) is 16.3. The number of ether oxygens (including phenoxy) is 2. The summed E-state index contributed by atoms with van der Waals surface area (Å²) < 4.78 is 38.8. The fraction of sp³-hybridized carbons (Fsp3) is 0.217. The number of hydrogen-bond donors (Lipinski definition) is 1. The van der Waals surface area contributed by atoms with Gasteiger partial charge in [-0.2, -0.15) is 14.6 Å². The number of carbonyl (C=O) groups is 1. The lowest BCUT2D eigenvalue weighted by Crippen LogP contribution is -2.13. The van der Waals surface area contributed by atoms with E-state index < -0.39 is 15.7 Å². The van der Waals surface area contributed by atoms with Crippen LogP contribution in [-0.2, 0) is 14.6 Å². The summed E-state index contributed by atoms with van der Waals surface area (Å²) in [5, 5.41) is 11.7. The Labute approximate surface area is 212 Å². The number of para-hydroxylation sites is 1. The zero-order chi connectivity index (χ0) is 25.4. The van der Waals surface area contributed by atoms with Crippen LogP contribution in [0.1, 0.15) is 18.1 Å². The topological polar surface area (TPSA) is 131 Å². The Morgan fingerprint density at radius 2 is 1.91 bits per heavy atom. The van der Waals surface area contributed by atoms with Gasteiger partial charge in [-0.1, -0.05) is 42.8 Å². The molecule has 0 bridgehead atoms. The molecule has 0 unspecified atom stereocenters. The zero-order valence-corrected chi connectivity index (χ0v) is 21.2. The first-order chi connectivity index (χ1) is 16.7. The lowest BCUT2D eigenvalue weighted by molar-refractivity contribution is -0.112. The van der Waals surface area contributed by atoms with Crippen molar-refractivity contribution in [2.75, 3.05) is 24.3 Å². The monoisotopic (exact) mass is 532 g/mol. The van der Waals surface area contributed by atoms with Crippen molar-refractivity contribution in [2.24, 2.45) is 0 Å². The van der Waals surface area contributed by atoms with Crippen LogP contribution in [0.15, 0.2) is 53.2 Å². The lowest BCUT2D eigenvalue weighted by atomic mass is 10.1. The van der Waals surface area contributed by atoms with Crippen LogP contribution in [0.2, 0.25) is 5.02 Å². The van der Waals surface area contributed by atoms with Crippen LogP contribution < -0.4 is 14.8 Å². The van der Waals surface area contributed by atoms with Crippen LogP contribution in [0.4, 0.5) is 5.13 Å². The van der Waals surface area contributed by atoms with E-state index in [0.717, 1.165) is 11.3 Å². The van der Waals surface area contributed by atoms with Gasteiger partial charge in [0.05, 0.1) is 10.8 Å². The van der Waals surface area contributed by atoms with Crippen LogP contribution in [0, 0.1) is 18.3 Å². The summed E-state index contributed by atoms with van der Waals surface area (Å²) in [5.41, 5.74) is 1.30. The molecule has 2 aromatic carbocycles. The summed E-state index contributed by atoms with van der Waals surface area (Å²) in [5.74, 6) is 0.287. The third kappa shape index (κ3) is 7.02. The van der Waals surface area contributed by atoms with Crippen molar-refractivity contribution in [3.63, 3.8) is 0 Å². The molecule has 0 saturated heterocycles.